The number of carbonyl (C=O) groups excluding carboxylic acids is 1. The van der Waals surface area contributed by atoms with Crippen LogP contribution in [-0.4, -0.2) is 24.0 Å². The van der Waals surface area contributed by atoms with Gasteiger partial charge in [-0.1, -0.05) is 37.5 Å². The Morgan fingerprint density at radius 1 is 0.967 bits per heavy atom. The van der Waals surface area contributed by atoms with E-state index in [2.05, 4.69) is 27.3 Å². The van der Waals surface area contributed by atoms with E-state index >= 15 is 0 Å². The van der Waals surface area contributed by atoms with Gasteiger partial charge < -0.3 is 10.2 Å². The number of piperidine rings is 1. The molecule has 2 aromatic heterocycles. The van der Waals surface area contributed by atoms with Crippen molar-refractivity contribution in [1.82, 2.24) is 4.98 Å². The van der Waals surface area contributed by atoms with Gasteiger partial charge in [-0.05, 0) is 54.7 Å². The van der Waals surface area contributed by atoms with E-state index in [4.69, 9.17) is 0 Å². The highest BCUT2D eigenvalue weighted by Crippen LogP contribution is 2.45. The van der Waals surface area contributed by atoms with Crippen molar-refractivity contribution in [1.29, 1.82) is 0 Å². The molecule has 5 rings (SSSR count). The second-order valence-electron chi connectivity index (χ2n) is 8.53. The van der Waals surface area contributed by atoms with E-state index in [1.807, 2.05) is 35.0 Å². The fourth-order valence-corrected chi connectivity index (χ4v) is 6.57. The molecule has 1 aromatic carbocycles. The second kappa shape index (κ2) is 8.52. The van der Waals surface area contributed by atoms with Crippen LogP contribution >= 0.6 is 22.7 Å². The van der Waals surface area contributed by atoms with Crippen LogP contribution in [-0.2, 0) is 0 Å². The lowest BCUT2D eigenvalue weighted by Gasteiger charge is -2.45. The SMILES string of the molecule is O=C(Nc1ccccc1N1CCC2(CCCCC2)CC1)c1csc(-c2cccs2)n1. The summed E-state index contributed by atoms with van der Waals surface area (Å²) in [7, 11) is 0. The van der Waals surface area contributed by atoms with E-state index in [0.29, 0.717) is 11.1 Å². The minimum absolute atomic E-state index is 0.137. The van der Waals surface area contributed by atoms with Gasteiger partial charge in [-0.3, -0.25) is 4.79 Å². The number of para-hydroxylation sites is 2. The van der Waals surface area contributed by atoms with Crippen LogP contribution in [0.1, 0.15) is 55.4 Å². The van der Waals surface area contributed by atoms with Gasteiger partial charge in [-0.15, -0.1) is 22.7 Å². The molecule has 3 heterocycles. The first kappa shape index (κ1) is 19.8. The predicted octanol–water partition coefficient (Wildman–Crippen LogP) is 6.67. The Bertz CT molecular complexity index is 995. The van der Waals surface area contributed by atoms with Gasteiger partial charge in [0.15, 0.2) is 0 Å². The van der Waals surface area contributed by atoms with E-state index in [1.165, 1.54) is 56.3 Å². The van der Waals surface area contributed by atoms with E-state index in [-0.39, 0.29) is 5.91 Å². The van der Waals surface area contributed by atoms with Crippen LogP contribution in [0.5, 0.6) is 0 Å². The zero-order valence-corrected chi connectivity index (χ0v) is 18.7. The summed E-state index contributed by atoms with van der Waals surface area (Å²) in [4.78, 5) is 21.0. The summed E-state index contributed by atoms with van der Waals surface area (Å²) in [5, 5.41) is 7.90. The molecule has 1 aliphatic carbocycles. The Morgan fingerprint density at radius 2 is 1.77 bits per heavy atom. The van der Waals surface area contributed by atoms with Crippen LogP contribution in [0.2, 0.25) is 0 Å². The molecule has 0 bridgehead atoms. The zero-order valence-electron chi connectivity index (χ0n) is 17.1. The number of amides is 1. The number of aromatic nitrogens is 1. The minimum Gasteiger partial charge on any atom is -0.370 e. The molecule has 2 fully saturated rings. The first-order chi connectivity index (χ1) is 14.7. The predicted molar refractivity (Wildman–Crippen MR) is 127 cm³/mol. The molecule has 3 aromatic rings. The van der Waals surface area contributed by atoms with Crippen molar-refractivity contribution in [3.05, 3.63) is 52.9 Å². The first-order valence-electron chi connectivity index (χ1n) is 10.9. The summed E-state index contributed by atoms with van der Waals surface area (Å²) in [5.74, 6) is -0.137. The smallest absolute Gasteiger partial charge is 0.275 e. The molecular weight excluding hydrogens is 410 g/mol. The van der Waals surface area contributed by atoms with Gasteiger partial charge in [0.2, 0.25) is 0 Å². The Kier molecular flexibility index (Phi) is 5.61. The number of carbonyl (C=O) groups is 1. The maximum atomic E-state index is 12.9. The number of hydrogen-bond acceptors (Lipinski definition) is 5. The number of thiophene rings is 1. The van der Waals surface area contributed by atoms with Gasteiger partial charge >= 0.3 is 0 Å². The summed E-state index contributed by atoms with van der Waals surface area (Å²) >= 11 is 3.16. The third-order valence-corrected chi connectivity index (χ3v) is 8.58. The molecule has 0 unspecified atom stereocenters. The van der Waals surface area contributed by atoms with Gasteiger partial charge in [0.05, 0.1) is 16.3 Å². The molecule has 1 spiro atoms. The van der Waals surface area contributed by atoms with E-state index < -0.39 is 0 Å². The molecule has 2 aliphatic rings. The molecule has 30 heavy (non-hydrogen) atoms. The molecular formula is C24H27N3OS2. The number of nitrogens with zero attached hydrogens (tertiary/aromatic N) is 2. The quantitative estimate of drug-likeness (QED) is 0.495. The van der Waals surface area contributed by atoms with Crippen molar-refractivity contribution < 1.29 is 4.79 Å². The monoisotopic (exact) mass is 437 g/mol. The van der Waals surface area contributed by atoms with Crippen LogP contribution in [0.3, 0.4) is 0 Å². The number of hydrogen-bond donors (Lipinski definition) is 1. The van der Waals surface area contributed by atoms with Crippen molar-refractivity contribution >= 4 is 40.0 Å². The maximum absolute atomic E-state index is 12.9. The third kappa shape index (κ3) is 4.03. The van der Waals surface area contributed by atoms with Crippen molar-refractivity contribution in [2.24, 2.45) is 5.41 Å². The fourth-order valence-electron chi connectivity index (χ4n) is 4.96. The summed E-state index contributed by atoms with van der Waals surface area (Å²) < 4.78 is 0. The Hall–Kier alpha value is -2.18. The van der Waals surface area contributed by atoms with Crippen LogP contribution < -0.4 is 10.2 Å². The third-order valence-electron chi connectivity index (χ3n) is 6.70. The normalized spacial score (nSPS) is 18.5. The van der Waals surface area contributed by atoms with E-state index in [0.717, 1.165) is 34.3 Å². The lowest BCUT2D eigenvalue weighted by atomic mass is 9.68. The summed E-state index contributed by atoms with van der Waals surface area (Å²) in [5.41, 5.74) is 3.07. The maximum Gasteiger partial charge on any atom is 0.275 e. The molecule has 4 nitrogen and oxygen atoms in total. The topological polar surface area (TPSA) is 45.2 Å². The molecule has 1 aliphatic heterocycles. The number of benzene rings is 1. The fraction of sp³-hybridized carbons (Fsp3) is 0.417. The minimum atomic E-state index is -0.137. The van der Waals surface area contributed by atoms with Crippen molar-refractivity contribution in [3.63, 3.8) is 0 Å². The molecule has 1 saturated heterocycles. The first-order valence-corrected chi connectivity index (χ1v) is 12.6. The van der Waals surface area contributed by atoms with Crippen molar-refractivity contribution in [2.45, 2.75) is 44.9 Å². The van der Waals surface area contributed by atoms with Crippen molar-refractivity contribution in [2.75, 3.05) is 23.3 Å². The largest absolute Gasteiger partial charge is 0.370 e. The van der Waals surface area contributed by atoms with Gasteiger partial charge in [0.1, 0.15) is 10.7 Å². The van der Waals surface area contributed by atoms with Crippen LogP contribution in [0, 0.1) is 5.41 Å². The van der Waals surface area contributed by atoms with Gasteiger partial charge in [0.25, 0.3) is 5.91 Å². The molecule has 1 amide bonds. The Morgan fingerprint density at radius 3 is 2.53 bits per heavy atom. The molecule has 1 N–H and O–H groups in total. The Labute approximate surface area is 186 Å². The van der Waals surface area contributed by atoms with Gasteiger partial charge in [0, 0.05) is 18.5 Å². The lowest BCUT2D eigenvalue weighted by molar-refractivity contribution is 0.102. The van der Waals surface area contributed by atoms with Gasteiger partial charge in [-0.2, -0.15) is 0 Å². The van der Waals surface area contributed by atoms with Crippen LogP contribution in [0.25, 0.3) is 9.88 Å². The molecule has 1 saturated carbocycles. The highest BCUT2D eigenvalue weighted by atomic mass is 32.1. The van der Waals surface area contributed by atoms with Crippen molar-refractivity contribution in [3.8, 4) is 9.88 Å². The van der Waals surface area contributed by atoms with Gasteiger partial charge in [-0.25, -0.2) is 4.98 Å². The number of anilines is 2. The Balaban J connectivity index is 1.29. The molecule has 0 radical (unpaired) electrons. The van der Waals surface area contributed by atoms with Crippen LogP contribution in [0.15, 0.2) is 47.2 Å². The number of nitrogens with one attached hydrogen (secondary N) is 1. The summed E-state index contributed by atoms with van der Waals surface area (Å²) in [6.07, 6.45) is 9.54. The molecule has 156 valence electrons. The number of rotatable bonds is 4. The highest BCUT2D eigenvalue weighted by molar-refractivity contribution is 7.20. The number of thiazole rings is 1. The van der Waals surface area contributed by atoms with E-state index in [1.54, 1.807) is 11.3 Å². The van der Waals surface area contributed by atoms with Crippen LogP contribution in [0.4, 0.5) is 11.4 Å². The average molecular weight is 438 g/mol. The average Bonchev–Trinajstić information content (AvgIpc) is 3.48. The zero-order chi connectivity index (χ0) is 20.4. The lowest BCUT2D eigenvalue weighted by Crippen LogP contribution is -2.41. The summed E-state index contributed by atoms with van der Waals surface area (Å²) in [6.45, 7) is 2.15. The highest BCUT2D eigenvalue weighted by Gasteiger charge is 2.35. The van der Waals surface area contributed by atoms with E-state index in [9.17, 15) is 4.79 Å². The standard InChI is InChI=1S/C24H27N3OS2/c28-22(19-17-30-23(26-19)21-9-6-16-29-21)25-18-7-2-3-8-20(18)27-14-12-24(13-15-27)10-4-1-5-11-24/h2-3,6-9,16-17H,1,4-5,10-15H2,(H,25,28). The second-order valence-corrected chi connectivity index (χ2v) is 10.3. The molecule has 6 heteroatoms. The summed E-state index contributed by atoms with van der Waals surface area (Å²) in [6, 6.07) is 12.2. The molecule has 0 atom stereocenters.